The topological polar surface area (TPSA) is 57.6 Å². The molecule has 1 amide bonds. The molecule has 0 saturated heterocycles. The Morgan fingerprint density at radius 3 is 2.73 bits per heavy atom. The van der Waals surface area contributed by atoms with Gasteiger partial charge in [0.1, 0.15) is 5.82 Å². The maximum atomic E-state index is 13.4. The van der Waals surface area contributed by atoms with Crippen molar-refractivity contribution in [3.63, 3.8) is 0 Å². The van der Waals surface area contributed by atoms with E-state index in [1.807, 2.05) is 0 Å². The van der Waals surface area contributed by atoms with Gasteiger partial charge in [-0.2, -0.15) is 0 Å². The van der Waals surface area contributed by atoms with Crippen LogP contribution in [0.25, 0.3) is 0 Å². The van der Waals surface area contributed by atoms with Crippen LogP contribution in [-0.4, -0.2) is 23.5 Å². The molecule has 6 heteroatoms. The number of aromatic carboxylic acids is 1. The minimum Gasteiger partial charge on any atom is -0.478 e. The summed E-state index contributed by atoms with van der Waals surface area (Å²) in [7, 11) is 0. The summed E-state index contributed by atoms with van der Waals surface area (Å²) >= 11 is 6.05. The number of hydrogen-bond acceptors (Lipinski definition) is 2. The molecular formula is C16H11ClFNO3. The van der Waals surface area contributed by atoms with Crippen LogP contribution >= 0.6 is 11.6 Å². The highest BCUT2D eigenvalue weighted by atomic mass is 35.5. The second-order valence-corrected chi connectivity index (χ2v) is 5.39. The first-order chi connectivity index (χ1) is 10.5. The molecule has 4 nitrogen and oxygen atoms in total. The molecule has 0 saturated carbocycles. The Labute approximate surface area is 130 Å². The Balaban J connectivity index is 2.01. The number of carbonyl (C=O) groups is 2. The number of rotatable bonds is 2. The van der Waals surface area contributed by atoms with E-state index in [2.05, 4.69) is 0 Å². The van der Waals surface area contributed by atoms with Crippen LogP contribution < -0.4 is 4.90 Å². The van der Waals surface area contributed by atoms with Gasteiger partial charge in [-0.15, -0.1) is 0 Å². The van der Waals surface area contributed by atoms with Crippen LogP contribution in [0.3, 0.4) is 0 Å². The fraction of sp³-hybridized carbons (Fsp3) is 0.125. The van der Waals surface area contributed by atoms with Gasteiger partial charge in [-0.3, -0.25) is 4.79 Å². The third kappa shape index (κ3) is 2.44. The van der Waals surface area contributed by atoms with Crippen molar-refractivity contribution in [1.29, 1.82) is 0 Å². The molecule has 0 bridgehead atoms. The second-order valence-electron chi connectivity index (χ2n) is 4.98. The molecule has 0 aromatic heterocycles. The summed E-state index contributed by atoms with van der Waals surface area (Å²) in [5.41, 5.74) is 1.55. The van der Waals surface area contributed by atoms with E-state index in [9.17, 15) is 14.0 Å². The first-order valence-corrected chi connectivity index (χ1v) is 6.98. The van der Waals surface area contributed by atoms with Gasteiger partial charge in [0.25, 0.3) is 5.91 Å². The van der Waals surface area contributed by atoms with Gasteiger partial charge in [0.15, 0.2) is 0 Å². The number of carbonyl (C=O) groups excluding carboxylic acids is 1. The lowest BCUT2D eigenvalue weighted by Crippen LogP contribution is -2.38. The SMILES string of the molecule is O=C(O)c1ccc2c(c1)CCN(c1cc(F)ccc1Cl)C2=O. The monoisotopic (exact) mass is 319 g/mol. The van der Waals surface area contributed by atoms with Crippen molar-refractivity contribution in [1.82, 2.24) is 0 Å². The number of nitrogens with zero attached hydrogens (tertiary/aromatic N) is 1. The number of hydrogen-bond donors (Lipinski definition) is 1. The first kappa shape index (κ1) is 14.5. The fourth-order valence-electron chi connectivity index (χ4n) is 2.54. The lowest BCUT2D eigenvalue weighted by atomic mass is 9.96. The average Bonchev–Trinajstić information content (AvgIpc) is 2.50. The van der Waals surface area contributed by atoms with Gasteiger partial charge in [0.05, 0.1) is 16.3 Å². The number of halogens is 2. The molecule has 2 aromatic rings. The minimum absolute atomic E-state index is 0.142. The van der Waals surface area contributed by atoms with Crippen LogP contribution in [0.5, 0.6) is 0 Å². The van der Waals surface area contributed by atoms with Crippen LogP contribution in [0, 0.1) is 5.82 Å². The van der Waals surface area contributed by atoms with Crippen LogP contribution in [0.15, 0.2) is 36.4 Å². The predicted octanol–water partition coefficient (Wildman–Crippen LogP) is 3.38. The molecule has 1 N–H and O–H groups in total. The predicted molar refractivity (Wildman–Crippen MR) is 80.2 cm³/mol. The van der Waals surface area contributed by atoms with Gasteiger partial charge in [-0.1, -0.05) is 11.6 Å². The molecule has 0 fully saturated rings. The molecular weight excluding hydrogens is 309 g/mol. The van der Waals surface area contributed by atoms with E-state index in [-0.39, 0.29) is 11.5 Å². The highest BCUT2D eigenvalue weighted by molar-refractivity contribution is 6.34. The molecule has 0 radical (unpaired) electrons. The van der Waals surface area contributed by atoms with E-state index in [4.69, 9.17) is 16.7 Å². The van der Waals surface area contributed by atoms with Crippen molar-refractivity contribution in [3.05, 3.63) is 63.9 Å². The molecule has 0 unspecified atom stereocenters. The molecule has 112 valence electrons. The number of amides is 1. The Morgan fingerprint density at radius 1 is 1.23 bits per heavy atom. The molecule has 3 rings (SSSR count). The summed E-state index contributed by atoms with van der Waals surface area (Å²) < 4.78 is 13.4. The first-order valence-electron chi connectivity index (χ1n) is 6.60. The zero-order valence-electron chi connectivity index (χ0n) is 11.3. The molecule has 1 heterocycles. The number of fused-ring (bicyclic) bond motifs is 1. The number of benzene rings is 2. The highest BCUT2D eigenvalue weighted by Crippen LogP contribution is 2.31. The maximum Gasteiger partial charge on any atom is 0.335 e. The normalized spacial score (nSPS) is 13.9. The lowest BCUT2D eigenvalue weighted by Gasteiger charge is -2.29. The van der Waals surface area contributed by atoms with E-state index in [1.54, 1.807) is 0 Å². The van der Waals surface area contributed by atoms with Crippen LogP contribution in [0.1, 0.15) is 26.3 Å². The summed E-state index contributed by atoms with van der Waals surface area (Å²) in [6.45, 7) is 0.318. The fourth-order valence-corrected chi connectivity index (χ4v) is 2.76. The second kappa shape index (κ2) is 5.42. The van der Waals surface area contributed by atoms with E-state index < -0.39 is 11.8 Å². The molecule has 1 aliphatic rings. The van der Waals surface area contributed by atoms with Crippen molar-refractivity contribution in [2.24, 2.45) is 0 Å². The van der Waals surface area contributed by atoms with E-state index in [0.29, 0.717) is 34.8 Å². The van der Waals surface area contributed by atoms with Gasteiger partial charge in [0, 0.05) is 12.1 Å². The number of anilines is 1. The van der Waals surface area contributed by atoms with Crippen molar-refractivity contribution >= 4 is 29.2 Å². The Morgan fingerprint density at radius 2 is 2.00 bits per heavy atom. The number of carboxylic acid groups (broad SMARTS) is 1. The zero-order valence-corrected chi connectivity index (χ0v) is 12.1. The molecule has 0 spiro atoms. The maximum absolute atomic E-state index is 13.4. The Bertz CT molecular complexity index is 791. The quantitative estimate of drug-likeness (QED) is 0.923. The van der Waals surface area contributed by atoms with Gasteiger partial charge in [0.2, 0.25) is 0 Å². The summed E-state index contributed by atoms with van der Waals surface area (Å²) in [5, 5.41) is 9.29. The Kier molecular flexibility index (Phi) is 3.58. The summed E-state index contributed by atoms with van der Waals surface area (Å²) in [4.78, 5) is 25.0. The van der Waals surface area contributed by atoms with Crippen LogP contribution in [-0.2, 0) is 6.42 Å². The van der Waals surface area contributed by atoms with Gasteiger partial charge < -0.3 is 10.0 Å². The van der Waals surface area contributed by atoms with Crippen LogP contribution in [0.2, 0.25) is 5.02 Å². The van der Waals surface area contributed by atoms with Gasteiger partial charge in [-0.05, 0) is 48.4 Å². The lowest BCUT2D eigenvalue weighted by molar-refractivity contribution is 0.0696. The highest BCUT2D eigenvalue weighted by Gasteiger charge is 2.27. The molecule has 0 aliphatic carbocycles. The molecule has 0 atom stereocenters. The smallest absolute Gasteiger partial charge is 0.335 e. The molecule has 1 aliphatic heterocycles. The van der Waals surface area contributed by atoms with E-state index in [0.717, 1.165) is 0 Å². The standard InChI is InChI=1S/C16H11ClFNO3/c17-13-4-2-11(18)8-14(13)19-6-5-9-7-10(16(21)22)1-3-12(9)15(19)20/h1-4,7-8H,5-6H2,(H,21,22). The number of carboxylic acids is 1. The zero-order chi connectivity index (χ0) is 15.9. The van der Waals surface area contributed by atoms with Crippen molar-refractivity contribution in [3.8, 4) is 0 Å². The van der Waals surface area contributed by atoms with Crippen molar-refractivity contribution in [2.45, 2.75) is 6.42 Å². The van der Waals surface area contributed by atoms with Gasteiger partial charge >= 0.3 is 5.97 Å². The van der Waals surface area contributed by atoms with E-state index >= 15 is 0 Å². The molecule has 2 aromatic carbocycles. The van der Waals surface area contributed by atoms with Crippen molar-refractivity contribution in [2.75, 3.05) is 11.4 Å². The molecule has 22 heavy (non-hydrogen) atoms. The van der Waals surface area contributed by atoms with E-state index in [1.165, 1.54) is 41.3 Å². The third-order valence-corrected chi connectivity index (χ3v) is 3.95. The summed E-state index contributed by atoms with van der Waals surface area (Å²) in [6, 6.07) is 8.23. The largest absolute Gasteiger partial charge is 0.478 e. The van der Waals surface area contributed by atoms with Gasteiger partial charge in [-0.25, -0.2) is 9.18 Å². The van der Waals surface area contributed by atoms with Crippen LogP contribution in [0.4, 0.5) is 10.1 Å². The minimum atomic E-state index is -1.04. The average molecular weight is 320 g/mol. The summed E-state index contributed by atoms with van der Waals surface area (Å²) in [5.74, 6) is -1.82. The Hall–Kier alpha value is -2.40. The summed E-state index contributed by atoms with van der Waals surface area (Å²) in [6.07, 6.45) is 0.481. The van der Waals surface area contributed by atoms with Crippen molar-refractivity contribution < 1.29 is 19.1 Å². The third-order valence-electron chi connectivity index (χ3n) is 3.63.